The molecule has 0 aliphatic carbocycles. The van der Waals surface area contributed by atoms with Crippen LogP contribution in [0.5, 0.6) is 11.6 Å². The summed E-state index contributed by atoms with van der Waals surface area (Å²) in [5, 5.41) is 11.0. The quantitative estimate of drug-likeness (QED) is 0.601. The lowest BCUT2D eigenvalue weighted by molar-refractivity contribution is -0.386. The van der Waals surface area contributed by atoms with Gasteiger partial charge in [0, 0.05) is 16.7 Å². The molecule has 104 valence electrons. The van der Waals surface area contributed by atoms with E-state index in [0.29, 0.717) is 5.75 Å². The maximum Gasteiger partial charge on any atom is 0.331 e. The van der Waals surface area contributed by atoms with Gasteiger partial charge in [-0.1, -0.05) is 29.8 Å². The van der Waals surface area contributed by atoms with Crippen LogP contribution < -0.4 is 4.74 Å². The molecule has 1 aromatic heterocycles. The molecule has 1 heterocycles. The predicted octanol–water partition coefficient (Wildman–Crippen LogP) is 4.67. The molecule has 0 bridgehead atoms. The van der Waals surface area contributed by atoms with Gasteiger partial charge in [0.1, 0.15) is 5.75 Å². The topological polar surface area (TPSA) is 65.3 Å². The third kappa shape index (κ3) is 3.14. The number of aromatic nitrogens is 1. The van der Waals surface area contributed by atoms with E-state index in [1.807, 2.05) is 26.0 Å². The standard InChI is InChI=1S/C14H13BrN2O3/c1-9(2)11-8-10(15)5-6-13(11)20-14-12(17(18)19)4-3-7-16-14/h3-9H,1-2H3. The highest BCUT2D eigenvalue weighted by atomic mass is 79.9. The Hall–Kier alpha value is -1.95. The highest BCUT2D eigenvalue weighted by Crippen LogP contribution is 2.35. The molecule has 6 heteroatoms. The maximum atomic E-state index is 11.0. The molecule has 0 unspecified atom stereocenters. The summed E-state index contributed by atoms with van der Waals surface area (Å²) in [6.45, 7) is 4.06. The van der Waals surface area contributed by atoms with Crippen molar-refractivity contribution in [1.29, 1.82) is 0 Å². The van der Waals surface area contributed by atoms with E-state index in [0.717, 1.165) is 10.0 Å². The number of pyridine rings is 1. The number of hydrogen-bond acceptors (Lipinski definition) is 4. The molecule has 0 aliphatic rings. The second-order valence-corrected chi connectivity index (χ2v) is 5.44. The number of halogens is 1. The molecule has 2 rings (SSSR count). The SMILES string of the molecule is CC(C)c1cc(Br)ccc1Oc1ncccc1[N+](=O)[O-]. The van der Waals surface area contributed by atoms with Gasteiger partial charge < -0.3 is 4.74 Å². The average molecular weight is 337 g/mol. The van der Waals surface area contributed by atoms with Crippen molar-refractivity contribution in [2.45, 2.75) is 19.8 Å². The van der Waals surface area contributed by atoms with Crippen molar-refractivity contribution in [2.24, 2.45) is 0 Å². The van der Waals surface area contributed by atoms with E-state index < -0.39 is 4.92 Å². The van der Waals surface area contributed by atoms with Gasteiger partial charge in [0.25, 0.3) is 5.88 Å². The highest BCUT2D eigenvalue weighted by Gasteiger charge is 2.18. The number of nitrogens with zero attached hydrogens (tertiary/aromatic N) is 2. The van der Waals surface area contributed by atoms with Crippen molar-refractivity contribution in [3.8, 4) is 11.6 Å². The van der Waals surface area contributed by atoms with E-state index in [1.165, 1.54) is 18.3 Å². The van der Waals surface area contributed by atoms with E-state index in [1.54, 1.807) is 6.07 Å². The van der Waals surface area contributed by atoms with Gasteiger partial charge >= 0.3 is 5.69 Å². The van der Waals surface area contributed by atoms with Crippen molar-refractivity contribution < 1.29 is 9.66 Å². The molecule has 0 N–H and O–H groups in total. The third-order valence-corrected chi connectivity index (χ3v) is 3.24. The summed E-state index contributed by atoms with van der Waals surface area (Å²) < 4.78 is 6.58. The summed E-state index contributed by atoms with van der Waals surface area (Å²) in [7, 11) is 0. The molecular formula is C14H13BrN2O3. The minimum Gasteiger partial charge on any atom is -0.433 e. The van der Waals surface area contributed by atoms with Crippen LogP contribution in [0.4, 0.5) is 5.69 Å². The first kappa shape index (κ1) is 14.5. The zero-order valence-corrected chi connectivity index (χ0v) is 12.6. The summed E-state index contributed by atoms with van der Waals surface area (Å²) in [5.74, 6) is 0.803. The van der Waals surface area contributed by atoms with E-state index in [4.69, 9.17) is 4.74 Å². The van der Waals surface area contributed by atoms with Crippen LogP contribution in [-0.2, 0) is 0 Å². The Kier molecular flexibility index (Phi) is 4.34. The average Bonchev–Trinajstić information content (AvgIpc) is 2.41. The molecule has 0 saturated heterocycles. The second-order valence-electron chi connectivity index (χ2n) is 4.52. The zero-order valence-electron chi connectivity index (χ0n) is 11.0. The zero-order chi connectivity index (χ0) is 14.7. The van der Waals surface area contributed by atoms with Crippen LogP contribution in [0.25, 0.3) is 0 Å². The van der Waals surface area contributed by atoms with Crippen molar-refractivity contribution in [3.63, 3.8) is 0 Å². The highest BCUT2D eigenvalue weighted by molar-refractivity contribution is 9.10. The van der Waals surface area contributed by atoms with E-state index in [-0.39, 0.29) is 17.5 Å². The summed E-state index contributed by atoms with van der Waals surface area (Å²) >= 11 is 3.41. The van der Waals surface area contributed by atoms with E-state index in [9.17, 15) is 10.1 Å². The van der Waals surface area contributed by atoms with Gasteiger partial charge in [0.05, 0.1) is 4.92 Å². The van der Waals surface area contributed by atoms with Gasteiger partial charge in [-0.2, -0.15) is 0 Å². The Morgan fingerprint density at radius 1 is 1.35 bits per heavy atom. The molecule has 0 fully saturated rings. The predicted molar refractivity (Wildman–Crippen MR) is 79.2 cm³/mol. The minimum atomic E-state index is -0.504. The molecule has 0 aliphatic heterocycles. The van der Waals surface area contributed by atoms with Crippen molar-refractivity contribution in [2.75, 3.05) is 0 Å². The van der Waals surface area contributed by atoms with E-state index in [2.05, 4.69) is 20.9 Å². The fourth-order valence-corrected chi connectivity index (χ4v) is 2.15. The second kappa shape index (κ2) is 6.00. The number of rotatable bonds is 4. The van der Waals surface area contributed by atoms with Crippen molar-refractivity contribution >= 4 is 21.6 Å². The largest absolute Gasteiger partial charge is 0.433 e. The Labute approximate surface area is 124 Å². The molecule has 20 heavy (non-hydrogen) atoms. The van der Waals surface area contributed by atoms with Crippen LogP contribution in [0, 0.1) is 10.1 Å². The van der Waals surface area contributed by atoms with Crippen molar-refractivity contribution in [1.82, 2.24) is 4.98 Å². The summed E-state index contributed by atoms with van der Waals surface area (Å²) in [6, 6.07) is 8.43. The van der Waals surface area contributed by atoms with Crippen molar-refractivity contribution in [3.05, 3.63) is 56.7 Å². The first-order chi connectivity index (χ1) is 9.49. The molecule has 0 saturated carbocycles. The normalized spacial score (nSPS) is 10.6. The van der Waals surface area contributed by atoms with Gasteiger partial charge in [-0.05, 0) is 35.7 Å². The van der Waals surface area contributed by atoms with Crippen LogP contribution in [0.2, 0.25) is 0 Å². The Morgan fingerprint density at radius 2 is 2.10 bits per heavy atom. The Bertz CT molecular complexity index is 644. The van der Waals surface area contributed by atoms with Crippen LogP contribution in [0.1, 0.15) is 25.3 Å². The van der Waals surface area contributed by atoms with Crippen LogP contribution in [0.15, 0.2) is 41.0 Å². The fraction of sp³-hybridized carbons (Fsp3) is 0.214. The number of hydrogen-bond donors (Lipinski definition) is 0. The Balaban J connectivity index is 2.43. The summed E-state index contributed by atoms with van der Waals surface area (Å²) in [5.41, 5.74) is 0.810. The van der Waals surface area contributed by atoms with Gasteiger partial charge in [-0.15, -0.1) is 0 Å². The molecule has 2 aromatic rings. The first-order valence-corrected chi connectivity index (χ1v) is 6.85. The number of benzene rings is 1. The smallest absolute Gasteiger partial charge is 0.331 e. The van der Waals surface area contributed by atoms with Gasteiger partial charge in [0.15, 0.2) is 0 Å². The van der Waals surface area contributed by atoms with Gasteiger partial charge in [-0.3, -0.25) is 10.1 Å². The number of nitro groups is 1. The number of ether oxygens (including phenoxy) is 1. The lowest BCUT2D eigenvalue weighted by Gasteiger charge is -2.13. The van der Waals surface area contributed by atoms with E-state index >= 15 is 0 Å². The lowest BCUT2D eigenvalue weighted by atomic mass is 10.0. The van der Waals surface area contributed by atoms with Gasteiger partial charge in [0.2, 0.25) is 0 Å². The molecule has 5 nitrogen and oxygen atoms in total. The molecule has 0 spiro atoms. The molecular weight excluding hydrogens is 324 g/mol. The molecule has 0 amide bonds. The summed E-state index contributed by atoms with van der Waals surface area (Å²) in [4.78, 5) is 14.4. The molecule has 1 aromatic carbocycles. The molecule has 0 atom stereocenters. The molecule has 0 radical (unpaired) electrons. The van der Waals surface area contributed by atoms with Gasteiger partial charge in [-0.25, -0.2) is 4.98 Å². The minimum absolute atomic E-state index is 0.00159. The van der Waals surface area contributed by atoms with Crippen LogP contribution >= 0.6 is 15.9 Å². The fourth-order valence-electron chi connectivity index (χ4n) is 1.77. The summed E-state index contributed by atoms with van der Waals surface area (Å²) in [6.07, 6.45) is 1.47. The van der Waals surface area contributed by atoms with Crippen LogP contribution in [0.3, 0.4) is 0 Å². The first-order valence-electron chi connectivity index (χ1n) is 6.05. The lowest BCUT2D eigenvalue weighted by Crippen LogP contribution is -1.98. The maximum absolute atomic E-state index is 11.0. The van der Waals surface area contributed by atoms with Crippen LogP contribution in [-0.4, -0.2) is 9.91 Å². The third-order valence-electron chi connectivity index (χ3n) is 2.75. The monoisotopic (exact) mass is 336 g/mol. The Morgan fingerprint density at radius 3 is 2.75 bits per heavy atom.